The molecule has 3 heteroatoms. The number of nitrogens with one attached hydrogen (secondary N) is 1. The van der Waals surface area contributed by atoms with Gasteiger partial charge in [0.1, 0.15) is 0 Å². The van der Waals surface area contributed by atoms with Crippen LogP contribution in [0.5, 0.6) is 0 Å². The molecule has 21 heavy (non-hydrogen) atoms. The van der Waals surface area contributed by atoms with Gasteiger partial charge in [-0.15, -0.1) is 0 Å². The summed E-state index contributed by atoms with van der Waals surface area (Å²) in [6.45, 7) is 8.97. The van der Waals surface area contributed by atoms with Crippen molar-refractivity contribution in [1.29, 1.82) is 0 Å². The van der Waals surface area contributed by atoms with Crippen LogP contribution in [0.3, 0.4) is 0 Å². The molecule has 0 amide bonds. The van der Waals surface area contributed by atoms with Gasteiger partial charge in [-0.1, -0.05) is 52.4 Å². The lowest BCUT2D eigenvalue weighted by Gasteiger charge is -2.44. The average Bonchev–Trinajstić information content (AvgIpc) is 2.53. The normalized spacial score (nSPS) is 28.3. The summed E-state index contributed by atoms with van der Waals surface area (Å²) in [5.41, 5.74) is 0. The highest BCUT2D eigenvalue weighted by Gasteiger charge is 2.34. The zero-order chi connectivity index (χ0) is 14.9. The Bertz CT molecular complexity index is 272. The molecule has 0 aromatic rings. The molecule has 3 atom stereocenters. The number of rotatable bonds is 9. The third-order valence-corrected chi connectivity index (χ3v) is 5.21. The summed E-state index contributed by atoms with van der Waals surface area (Å²) in [5.74, 6) is 0. The number of hydrogen-bond acceptors (Lipinski definition) is 3. The number of nitrogens with zero attached hydrogens (tertiary/aromatic N) is 1. The maximum atomic E-state index is 5.99. The minimum atomic E-state index is 0.437. The Morgan fingerprint density at radius 1 is 1.10 bits per heavy atom. The fourth-order valence-electron chi connectivity index (χ4n) is 3.96. The Balaban J connectivity index is 1.74. The van der Waals surface area contributed by atoms with E-state index in [2.05, 4.69) is 24.1 Å². The summed E-state index contributed by atoms with van der Waals surface area (Å²) < 4.78 is 5.99. The molecule has 0 radical (unpaired) electrons. The van der Waals surface area contributed by atoms with E-state index >= 15 is 0 Å². The Morgan fingerprint density at radius 3 is 2.76 bits per heavy atom. The van der Waals surface area contributed by atoms with Gasteiger partial charge in [-0.05, 0) is 19.3 Å². The number of fused-ring (bicyclic) bond motifs is 1. The highest BCUT2D eigenvalue weighted by Crippen LogP contribution is 2.23. The van der Waals surface area contributed by atoms with Crippen molar-refractivity contribution in [2.24, 2.45) is 0 Å². The summed E-state index contributed by atoms with van der Waals surface area (Å²) in [7, 11) is 0. The van der Waals surface area contributed by atoms with Gasteiger partial charge in [-0.2, -0.15) is 0 Å². The predicted octanol–water partition coefficient (Wildman–Crippen LogP) is 3.58. The number of likely N-dealkylation sites (tertiary alicyclic amines) is 1. The van der Waals surface area contributed by atoms with Gasteiger partial charge < -0.3 is 10.1 Å². The largest absolute Gasteiger partial charge is 0.374 e. The maximum absolute atomic E-state index is 5.99. The molecule has 0 bridgehead atoms. The van der Waals surface area contributed by atoms with E-state index in [0.717, 1.165) is 25.7 Å². The van der Waals surface area contributed by atoms with Crippen molar-refractivity contribution in [3.05, 3.63) is 0 Å². The van der Waals surface area contributed by atoms with Crippen LogP contribution in [-0.2, 0) is 4.74 Å². The smallest absolute Gasteiger partial charge is 0.0855 e. The van der Waals surface area contributed by atoms with Crippen molar-refractivity contribution in [3.63, 3.8) is 0 Å². The standard InChI is InChI=1S/C18H36N2O/c1-3-5-6-7-8-10-16(9-4-2)20-13-11-17-18(15-20)21-14-12-19-17/h16-19H,3-15H2,1-2H3/t16?,17-,18-/m1/s1. The van der Waals surface area contributed by atoms with E-state index in [1.165, 1.54) is 64.3 Å². The molecule has 0 aliphatic carbocycles. The lowest BCUT2D eigenvalue weighted by Crippen LogP contribution is -2.59. The van der Waals surface area contributed by atoms with Gasteiger partial charge in [-0.25, -0.2) is 0 Å². The van der Waals surface area contributed by atoms with Crippen LogP contribution in [0.1, 0.15) is 71.6 Å². The van der Waals surface area contributed by atoms with Crippen LogP contribution >= 0.6 is 0 Å². The van der Waals surface area contributed by atoms with E-state index in [4.69, 9.17) is 4.74 Å². The molecule has 2 aliphatic heterocycles. The summed E-state index contributed by atoms with van der Waals surface area (Å²) in [6.07, 6.45) is 12.8. The van der Waals surface area contributed by atoms with E-state index in [-0.39, 0.29) is 0 Å². The molecular formula is C18H36N2O. The average molecular weight is 296 g/mol. The highest BCUT2D eigenvalue weighted by atomic mass is 16.5. The number of unbranched alkanes of at least 4 members (excludes halogenated alkanes) is 4. The Labute approximate surface area is 131 Å². The van der Waals surface area contributed by atoms with Gasteiger partial charge in [0, 0.05) is 31.7 Å². The quantitative estimate of drug-likeness (QED) is 0.658. The summed E-state index contributed by atoms with van der Waals surface area (Å²) >= 11 is 0. The second-order valence-electron chi connectivity index (χ2n) is 6.90. The fourth-order valence-corrected chi connectivity index (χ4v) is 3.96. The van der Waals surface area contributed by atoms with Gasteiger partial charge in [-0.3, -0.25) is 4.90 Å². The van der Waals surface area contributed by atoms with Crippen LogP contribution in [0.25, 0.3) is 0 Å². The number of morpholine rings is 1. The van der Waals surface area contributed by atoms with Gasteiger partial charge in [0.2, 0.25) is 0 Å². The first-order valence-corrected chi connectivity index (χ1v) is 9.44. The van der Waals surface area contributed by atoms with Crippen LogP contribution in [-0.4, -0.2) is 49.3 Å². The first-order valence-electron chi connectivity index (χ1n) is 9.44. The molecule has 0 aromatic heterocycles. The van der Waals surface area contributed by atoms with Crippen molar-refractivity contribution in [2.45, 2.75) is 89.8 Å². The van der Waals surface area contributed by atoms with Crippen molar-refractivity contribution < 1.29 is 4.74 Å². The molecule has 124 valence electrons. The number of piperidine rings is 1. The summed E-state index contributed by atoms with van der Waals surface area (Å²) in [4.78, 5) is 2.73. The van der Waals surface area contributed by atoms with Crippen LogP contribution in [0.15, 0.2) is 0 Å². The van der Waals surface area contributed by atoms with E-state index in [1.807, 2.05) is 0 Å². The Hall–Kier alpha value is -0.120. The molecule has 1 N–H and O–H groups in total. The van der Waals surface area contributed by atoms with E-state index < -0.39 is 0 Å². The summed E-state index contributed by atoms with van der Waals surface area (Å²) in [6, 6.07) is 1.41. The lowest BCUT2D eigenvalue weighted by molar-refractivity contribution is -0.0580. The van der Waals surface area contributed by atoms with E-state index in [0.29, 0.717) is 12.1 Å². The van der Waals surface area contributed by atoms with Crippen molar-refractivity contribution in [3.8, 4) is 0 Å². The molecule has 2 heterocycles. The first-order chi connectivity index (χ1) is 10.3. The molecule has 2 fully saturated rings. The van der Waals surface area contributed by atoms with Gasteiger partial charge in [0.25, 0.3) is 0 Å². The molecule has 2 saturated heterocycles. The van der Waals surface area contributed by atoms with Crippen LogP contribution in [0.2, 0.25) is 0 Å². The van der Waals surface area contributed by atoms with Crippen LogP contribution in [0, 0.1) is 0 Å². The molecule has 2 rings (SSSR count). The predicted molar refractivity (Wildman–Crippen MR) is 89.8 cm³/mol. The Kier molecular flexibility index (Phi) is 8.05. The van der Waals surface area contributed by atoms with Crippen molar-refractivity contribution in [2.75, 3.05) is 26.2 Å². The molecule has 0 saturated carbocycles. The minimum absolute atomic E-state index is 0.437. The second-order valence-corrected chi connectivity index (χ2v) is 6.90. The van der Waals surface area contributed by atoms with Gasteiger partial charge in [0.05, 0.1) is 12.7 Å². The van der Waals surface area contributed by atoms with Crippen LogP contribution < -0.4 is 5.32 Å². The molecular weight excluding hydrogens is 260 g/mol. The van der Waals surface area contributed by atoms with Crippen molar-refractivity contribution in [1.82, 2.24) is 10.2 Å². The lowest BCUT2D eigenvalue weighted by atomic mass is 9.95. The zero-order valence-corrected chi connectivity index (χ0v) is 14.3. The molecule has 3 nitrogen and oxygen atoms in total. The SMILES string of the molecule is CCCCCCCC(CCC)N1CC[C@H]2NCCO[C@@H]2C1. The first kappa shape index (κ1) is 17.2. The monoisotopic (exact) mass is 296 g/mol. The molecule has 2 aliphatic rings. The second kappa shape index (κ2) is 9.81. The maximum Gasteiger partial charge on any atom is 0.0855 e. The molecule has 1 unspecified atom stereocenters. The third-order valence-electron chi connectivity index (χ3n) is 5.21. The van der Waals surface area contributed by atoms with E-state index in [9.17, 15) is 0 Å². The fraction of sp³-hybridized carbons (Fsp3) is 1.00. The number of hydrogen-bond donors (Lipinski definition) is 1. The molecule has 0 spiro atoms. The van der Waals surface area contributed by atoms with E-state index in [1.54, 1.807) is 0 Å². The zero-order valence-electron chi connectivity index (χ0n) is 14.3. The highest BCUT2D eigenvalue weighted by molar-refractivity contribution is 4.90. The van der Waals surface area contributed by atoms with Gasteiger partial charge in [0.15, 0.2) is 0 Å². The minimum Gasteiger partial charge on any atom is -0.374 e. The number of ether oxygens (including phenoxy) is 1. The van der Waals surface area contributed by atoms with Crippen LogP contribution in [0.4, 0.5) is 0 Å². The topological polar surface area (TPSA) is 24.5 Å². The van der Waals surface area contributed by atoms with Crippen molar-refractivity contribution >= 4 is 0 Å². The third kappa shape index (κ3) is 5.54. The van der Waals surface area contributed by atoms with Gasteiger partial charge >= 0.3 is 0 Å². The Morgan fingerprint density at radius 2 is 1.95 bits per heavy atom. The molecule has 0 aromatic carbocycles. The summed E-state index contributed by atoms with van der Waals surface area (Å²) in [5, 5.41) is 3.63.